The average molecular weight is 1350 g/mol. The minimum atomic E-state index is -0.373. The van der Waals surface area contributed by atoms with E-state index in [4.69, 9.17) is 56.8 Å². The van der Waals surface area contributed by atoms with Crippen molar-refractivity contribution in [2.24, 2.45) is 0 Å². The van der Waals surface area contributed by atoms with Crippen molar-refractivity contribution >= 4 is 25.1 Å². The molecule has 16 nitrogen and oxygen atoms in total. The molecule has 0 N–H and O–H groups in total. The average Bonchev–Trinajstić information content (AvgIpc) is 0.722. The van der Waals surface area contributed by atoms with Crippen LogP contribution in [-0.2, 0) is 26.4 Å². The van der Waals surface area contributed by atoms with Crippen LogP contribution in [0.15, 0.2) is 121 Å². The number of hydrogen-bond acceptors (Lipinski definition) is 16. The Morgan fingerprint density at radius 3 is 0.620 bits per heavy atom. The van der Waals surface area contributed by atoms with E-state index in [0.29, 0.717) is 139 Å². The van der Waals surface area contributed by atoms with Crippen LogP contribution in [0.4, 0.5) is 0 Å². The zero-order valence-corrected chi connectivity index (χ0v) is 57.7. The molecule has 0 fully saturated rings. The van der Waals surface area contributed by atoms with Crippen molar-refractivity contribution in [1.29, 1.82) is 0 Å². The summed E-state index contributed by atoms with van der Waals surface area (Å²) in [6, 6.07) is 37.8. The van der Waals surface area contributed by atoms with Crippen LogP contribution < -0.4 is 56.8 Å². The van der Waals surface area contributed by atoms with Crippen molar-refractivity contribution < 1.29 is 76.0 Å². The maximum atomic E-state index is 12.0. The molecular formula is C84H88O16. The fourth-order valence-electron chi connectivity index (χ4n) is 15.0. The van der Waals surface area contributed by atoms with Crippen LogP contribution in [0.5, 0.6) is 69.0 Å². The van der Waals surface area contributed by atoms with E-state index >= 15 is 0 Å². The Bertz CT molecular complexity index is 3540. The van der Waals surface area contributed by atoms with Gasteiger partial charge in [0.25, 0.3) is 0 Å². The second-order valence-electron chi connectivity index (χ2n) is 26.5. The quantitative estimate of drug-likeness (QED) is 0.0287. The monoisotopic (exact) mass is 1350 g/mol. The summed E-state index contributed by atoms with van der Waals surface area (Å²) in [6.07, 6.45) is 17.2. The summed E-state index contributed by atoms with van der Waals surface area (Å²) in [5.74, 6) is 5.38. The zero-order valence-electron chi connectivity index (χ0n) is 57.7. The van der Waals surface area contributed by atoms with Gasteiger partial charge in [0.05, 0.1) is 22.3 Å². The predicted octanol–water partition coefficient (Wildman–Crippen LogP) is 19.3. The van der Waals surface area contributed by atoms with Crippen LogP contribution in [0.3, 0.4) is 0 Å². The van der Waals surface area contributed by atoms with Crippen LogP contribution in [0.2, 0.25) is 0 Å². The van der Waals surface area contributed by atoms with Crippen molar-refractivity contribution in [3.63, 3.8) is 0 Å². The molecule has 0 radical (unpaired) electrons. The molecule has 0 aromatic heterocycles. The van der Waals surface area contributed by atoms with Crippen molar-refractivity contribution in [2.75, 3.05) is 27.2 Å². The first-order chi connectivity index (χ1) is 49.3. The Kier molecular flexibility index (Phi) is 22.2. The first-order valence-electron chi connectivity index (χ1n) is 35.8. The molecule has 1 aliphatic carbocycles. The lowest BCUT2D eigenvalue weighted by atomic mass is 9.74. The van der Waals surface area contributed by atoms with E-state index in [9.17, 15) is 19.2 Å². The number of aldehydes is 4. The van der Waals surface area contributed by atoms with Crippen LogP contribution in [0, 0.1) is 0 Å². The molecule has 0 saturated heterocycles. The summed E-state index contributed by atoms with van der Waals surface area (Å²) in [5.41, 5.74) is 12.4. The fraction of sp³-hybridized carbons (Fsp3) is 0.381. The topological polar surface area (TPSA) is 179 Å². The number of hydrogen-bond donors (Lipinski definition) is 0. The number of carbonyl (C=O) groups is 4. The highest BCUT2D eigenvalue weighted by Gasteiger charge is 2.42. The van der Waals surface area contributed by atoms with Gasteiger partial charge in [0.15, 0.2) is 0 Å². The summed E-state index contributed by atoms with van der Waals surface area (Å²) in [5, 5.41) is 0. The molecule has 0 unspecified atom stereocenters. The number of benzene rings is 8. The predicted molar refractivity (Wildman–Crippen MR) is 379 cm³/mol. The van der Waals surface area contributed by atoms with Gasteiger partial charge in [0.2, 0.25) is 27.2 Å². The highest BCUT2D eigenvalue weighted by Crippen LogP contribution is 2.59. The Labute approximate surface area is 585 Å². The van der Waals surface area contributed by atoms with Crippen LogP contribution in [-0.4, -0.2) is 52.3 Å². The fourth-order valence-corrected chi connectivity index (χ4v) is 15.0. The molecule has 8 aromatic carbocycles. The number of ether oxygens (including phenoxy) is 12. The Morgan fingerprint density at radius 2 is 0.460 bits per heavy atom. The molecule has 0 atom stereocenters. The lowest BCUT2D eigenvalue weighted by molar-refractivity contribution is 0.0894. The summed E-state index contributed by atoms with van der Waals surface area (Å²) in [4.78, 5) is 47.9. The molecule has 100 heavy (non-hydrogen) atoms. The van der Waals surface area contributed by atoms with Gasteiger partial charge in [0, 0.05) is 90.4 Å². The highest BCUT2D eigenvalue weighted by molar-refractivity contribution is 5.77. The van der Waals surface area contributed by atoms with Gasteiger partial charge >= 0.3 is 0 Å². The van der Waals surface area contributed by atoms with E-state index in [0.717, 1.165) is 147 Å². The third kappa shape index (κ3) is 14.6. The standard InChI is InChI=1S/C84H88O16/c1-5-9-13-17-61-65-37-67-62(18-14-10-6-2)69-39-71-64(20-16-12-8-4)72-40-70-63(19-15-11-7-3)68-38-66(61)78-74(46-90-58-31-23-54(42-86)24-32-58)80(68)96-51-98-82(70)76(48-92-60-35-27-56(44-88)28-36-60)84(72)100-52-99-83(71)75(47-91-59-33-25-55(43-87)26-34-59)81(69)97-50-95-79(67)73(77(65)93-49-94-78)45-89-57-29-21-53(41-85)22-30-57/h21-44,61-64H,5-20,45-52H2,1-4H3. The maximum absolute atomic E-state index is 12.0. The van der Waals surface area contributed by atoms with Crippen LogP contribution in [0.25, 0.3) is 0 Å². The normalized spacial score (nSPS) is 16.4. The molecule has 520 valence electrons. The van der Waals surface area contributed by atoms with Gasteiger partial charge in [-0.05, 0) is 147 Å². The molecular weight excluding hydrogens is 1260 g/mol. The number of unbranched alkanes of at least 4 members (excludes halogenated alkanes) is 8. The van der Waals surface area contributed by atoms with Crippen molar-refractivity contribution in [1.82, 2.24) is 0 Å². The minimum Gasteiger partial charge on any atom is -0.489 e. The van der Waals surface area contributed by atoms with Crippen LogP contribution >= 0.6 is 0 Å². The maximum Gasteiger partial charge on any atom is 0.230 e. The molecule has 4 aliphatic heterocycles. The first kappa shape index (κ1) is 68.6. The second-order valence-corrected chi connectivity index (χ2v) is 26.5. The van der Waals surface area contributed by atoms with Gasteiger partial charge < -0.3 is 56.8 Å². The van der Waals surface area contributed by atoms with Gasteiger partial charge in [-0.25, -0.2) is 0 Å². The summed E-state index contributed by atoms with van der Waals surface area (Å²) in [7, 11) is 0. The Balaban J connectivity index is 1.17. The van der Waals surface area contributed by atoms with Gasteiger partial charge in [-0.3, -0.25) is 19.2 Å². The van der Waals surface area contributed by atoms with Crippen molar-refractivity contribution in [3.05, 3.63) is 210 Å². The van der Waals surface area contributed by atoms with E-state index in [1.54, 1.807) is 97.1 Å². The number of carbonyl (C=O) groups excluding carboxylic acids is 4. The zero-order chi connectivity index (χ0) is 68.9. The van der Waals surface area contributed by atoms with E-state index in [1.807, 2.05) is 0 Å². The second kappa shape index (κ2) is 32.4. The third-order valence-electron chi connectivity index (χ3n) is 20.1. The lowest BCUT2D eigenvalue weighted by Gasteiger charge is -2.37. The summed E-state index contributed by atoms with van der Waals surface area (Å²) >= 11 is 0. The van der Waals surface area contributed by atoms with E-state index in [1.165, 1.54) is 0 Å². The van der Waals surface area contributed by atoms with E-state index in [-0.39, 0.29) is 77.3 Å². The third-order valence-corrected chi connectivity index (χ3v) is 20.1. The molecule has 8 bridgehead atoms. The molecule has 0 spiro atoms. The summed E-state index contributed by atoms with van der Waals surface area (Å²) in [6.45, 7) is 8.07. The first-order valence-corrected chi connectivity index (χ1v) is 35.8. The van der Waals surface area contributed by atoms with E-state index < -0.39 is 0 Å². The van der Waals surface area contributed by atoms with Crippen molar-refractivity contribution in [3.8, 4) is 69.0 Å². The van der Waals surface area contributed by atoms with Gasteiger partial charge in [0.1, 0.15) is 121 Å². The number of rotatable bonds is 32. The van der Waals surface area contributed by atoms with Gasteiger partial charge in [-0.1, -0.05) is 105 Å². The molecule has 13 rings (SSSR count). The molecule has 5 aliphatic rings. The molecule has 4 heterocycles. The smallest absolute Gasteiger partial charge is 0.230 e. The molecule has 16 heteroatoms. The van der Waals surface area contributed by atoms with Gasteiger partial charge in [-0.2, -0.15) is 0 Å². The Hall–Kier alpha value is -9.96. The molecule has 8 aromatic rings. The molecule has 0 amide bonds. The Morgan fingerprint density at radius 1 is 0.280 bits per heavy atom. The summed E-state index contributed by atoms with van der Waals surface area (Å²) < 4.78 is 85.2. The van der Waals surface area contributed by atoms with Gasteiger partial charge in [-0.15, -0.1) is 0 Å². The molecule has 0 saturated carbocycles. The highest BCUT2D eigenvalue weighted by atomic mass is 16.7. The van der Waals surface area contributed by atoms with E-state index in [2.05, 4.69) is 52.0 Å². The lowest BCUT2D eigenvalue weighted by Crippen LogP contribution is -2.26. The van der Waals surface area contributed by atoms with Crippen molar-refractivity contribution in [2.45, 2.75) is 181 Å². The minimum absolute atomic E-state index is 0.0182. The SMILES string of the molecule is CCCCCC1c2cc3c4c(COc5ccc(C=O)cc5)c2OCOc2c1cc1c(c2COc2ccc(C=O)cc2)OCOc2c(cc5c(c2COc2ccc(C=O)cc2)OCOc2c(cc(c(c2COc2ccc(C=O)cc2)OCO4)C3CCCCC)C5CCCCC)C1CCCCC. The van der Waals surface area contributed by atoms with Crippen LogP contribution in [0.1, 0.15) is 262 Å². The largest absolute Gasteiger partial charge is 0.489 e.